The second-order valence-electron chi connectivity index (χ2n) is 3.36. The Morgan fingerprint density at radius 2 is 2.19 bits per heavy atom. The molecule has 0 saturated carbocycles. The summed E-state index contributed by atoms with van der Waals surface area (Å²) in [5.41, 5.74) is -2.09. The third-order valence-electron chi connectivity index (χ3n) is 2.31. The molecule has 1 aliphatic heterocycles. The maximum absolute atomic E-state index is 12.5. The molecule has 2 heterocycles. The van der Waals surface area contributed by atoms with Gasteiger partial charge in [-0.1, -0.05) is 0 Å². The Hall–Kier alpha value is -1.57. The van der Waals surface area contributed by atoms with Gasteiger partial charge in [0.15, 0.2) is 11.4 Å². The van der Waals surface area contributed by atoms with Gasteiger partial charge in [0.2, 0.25) is 0 Å². The average molecular weight is 235 g/mol. The molecule has 0 amide bonds. The molecule has 2 N–H and O–H groups in total. The molecule has 0 aromatic carbocycles. The fourth-order valence-electron chi connectivity index (χ4n) is 1.68. The van der Waals surface area contributed by atoms with Crippen LogP contribution in [0.2, 0.25) is 0 Å². The topological polar surface area (TPSA) is 67.1 Å². The van der Waals surface area contributed by atoms with Crippen LogP contribution in [-0.4, -0.2) is 27.2 Å². The van der Waals surface area contributed by atoms with E-state index in [0.717, 1.165) is 4.57 Å². The number of halogens is 3. The van der Waals surface area contributed by atoms with Crippen molar-refractivity contribution in [3.63, 3.8) is 0 Å². The maximum atomic E-state index is 12.5. The normalized spacial score (nSPS) is 15.9. The summed E-state index contributed by atoms with van der Waals surface area (Å²) in [4.78, 5) is 14.2. The van der Waals surface area contributed by atoms with E-state index in [4.69, 9.17) is 5.11 Å². The van der Waals surface area contributed by atoms with Crippen molar-refractivity contribution in [2.75, 3.05) is 6.54 Å². The van der Waals surface area contributed by atoms with E-state index in [1.54, 1.807) is 0 Å². The highest BCUT2D eigenvalue weighted by atomic mass is 19.4. The standard InChI is InChI=1S/C8H8F3N3O2/c9-8(10,11)6-5(7(15)16)14-2-1-12-3-4(14)13-6/h12H,1-3H2,(H,15,16). The van der Waals surface area contributed by atoms with Gasteiger partial charge in [-0.3, -0.25) is 0 Å². The number of carboxylic acids is 1. The number of alkyl halides is 3. The van der Waals surface area contributed by atoms with Gasteiger partial charge in [0.1, 0.15) is 5.82 Å². The van der Waals surface area contributed by atoms with Crippen LogP contribution in [0, 0.1) is 0 Å². The van der Waals surface area contributed by atoms with Crippen LogP contribution >= 0.6 is 0 Å². The van der Waals surface area contributed by atoms with Gasteiger partial charge < -0.3 is 15.0 Å². The number of hydrogen-bond acceptors (Lipinski definition) is 3. The van der Waals surface area contributed by atoms with Crippen LogP contribution in [0.25, 0.3) is 0 Å². The van der Waals surface area contributed by atoms with E-state index < -0.39 is 23.5 Å². The summed E-state index contributed by atoms with van der Waals surface area (Å²) in [5.74, 6) is -1.50. The highest BCUT2D eigenvalue weighted by molar-refractivity contribution is 5.87. The number of aromatic nitrogens is 2. The molecule has 1 aliphatic rings. The summed E-state index contributed by atoms with van der Waals surface area (Å²) in [6, 6.07) is 0. The third-order valence-corrected chi connectivity index (χ3v) is 2.31. The third kappa shape index (κ3) is 1.64. The monoisotopic (exact) mass is 235 g/mol. The minimum Gasteiger partial charge on any atom is -0.477 e. The molecule has 1 aromatic heterocycles. The lowest BCUT2D eigenvalue weighted by atomic mass is 10.3. The zero-order chi connectivity index (χ0) is 11.9. The fourth-order valence-corrected chi connectivity index (χ4v) is 1.68. The number of carbonyl (C=O) groups is 1. The highest BCUT2D eigenvalue weighted by Crippen LogP contribution is 2.32. The van der Waals surface area contributed by atoms with Crippen LogP contribution in [0.3, 0.4) is 0 Å². The van der Waals surface area contributed by atoms with Gasteiger partial charge in [-0.25, -0.2) is 9.78 Å². The van der Waals surface area contributed by atoms with Gasteiger partial charge in [0, 0.05) is 13.1 Å². The molecule has 0 fully saturated rings. The van der Waals surface area contributed by atoms with E-state index in [2.05, 4.69) is 10.3 Å². The number of hydrogen-bond donors (Lipinski definition) is 2. The Morgan fingerprint density at radius 3 is 2.75 bits per heavy atom. The van der Waals surface area contributed by atoms with Gasteiger partial charge in [-0.2, -0.15) is 13.2 Å². The zero-order valence-corrected chi connectivity index (χ0v) is 8.01. The molecule has 0 aliphatic carbocycles. The van der Waals surface area contributed by atoms with Gasteiger partial charge in [-0.15, -0.1) is 0 Å². The number of rotatable bonds is 1. The average Bonchev–Trinajstić information content (AvgIpc) is 2.55. The van der Waals surface area contributed by atoms with Crippen LogP contribution in [0.5, 0.6) is 0 Å². The molecule has 2 rings (SSSR count). The van der Waals surface area contributed by atoms with E-state index >= 15 is 0 Å². The molecule has 0 radical (unpaired) electrons. The van der Waals surface area contributed by atoms with E-state index in [1.165, 1.54) is 0 Å². The Kier molecular flexibility index (Phi) is 2.38. The highest BCUT2D eigenvalue weighted by Gasteiger charge is 2.41. The largest absolute Gasteiger partial charge is 0.477 e. The lowest BCUT2D eigenvalue weighted by Gasteiger charge is -2.15. The quantitative estimate of drug-likeness (QED) is 0.752. The first-order chi connectivity index (χ1) is 7.41. The van der Waals surface area contributed by atoms with Crippen molar-refractivity contribution in [1.82, 2.24) is 14.9 Å². The zero-order valence-electron chi connectivity index (χ0n) is 8.01. The maximum Gasteiger partial charge on any atom is 0.435 e. The number of carboxylic acid groups (broad SMARTS) is 1. The van der Waals surface area contributed by atoms with Crippen LogP contribution < -0.4 is 5.32 Å². The minimum absolute atomic E-state index is 0.107. The first kappa shape index (κ1) is 10.9. The van der Waals surface area contributed by atoms with Crippen molar-refractivity contribution in [2.45, 2.75) is 19.3 Å². The van der Waals surface area contributed by atoms with E-state index in [9.17, 15) is 18.0 Å². The Balaban J connectivity index is 2.61. The summed E-state index contributed by atoms with van der Waals surface area (Å²) < 4.78 is 38.7. The van der Waals surface area contributed by atoms with Gasteiger partial charge in [0.25, 0.3) is 0 Å². The number of imidazole rings is 1. The van der Waals surface area contributed by atoms with E-state index in [1.807, 2.05) is 0 Å². The second kappa shape index (κ2) is 3.48. The van der Waals surface area contributed by atoms with Crippen molar-refractivity contribution >= 4 is 5.97 Å². The molecule has 88 valence electrons. The molecule has 1 aromatic rings. The van der Waals surface area contributed by atoms with Gasteiger partial charge in [-0.05, 0) is 0 Å². The molecule has 5 nitrogen and oxygen atoms in total. The van der Waals surface area contributed by atoms with Crippen molar-refractivity contribution < 1.29 is 23.1 Å². The van der Waals surface area contributed by atoms with Gasteiger partial charge in [0.05, 0.1) is 6.54 Å². The predicted octanol–water partition coefficient (Wildman–Crippen LogP) is 0.703. The number of nitrogens with zero attached hydrogens (tertiary/aromatic N) is 2. The molecular weight excluding hydrogens is 227 g/mol. The lowest BCUT2D eigenvalue weighted by molar-refractivity contribution is -0.141. The smallest absolute Gasteiger partial charge is 0.435 e. The minimum atomic E-state index is -4.74. The van der Waals surface area contributed by atoms with Crippen molar-refractivity contribution in [2.24, 2.45) is 0 Å². The summed E-state index contributed by atoms with van der Waals surface area (Å²) in [7, 11) is 0. The van der Waals surface area contributed by atoms with Crippen LogP contribution in [0.15, 0.2) is 0 Å². The molecule has 0 atom stereocenters. The number of nitrogens with one attached hydrogen (secondary N) is 1. The summed E-state index contributed by atoms with van der Waals surface area (Å²) in [5, 5.41) is 11.6. The molecule has 0 unspecified atom stereocenters. The molecule has 0 bridgehead atoms. The van der Waals surface area contributed by atoms with E-state index in [0.29, 0.717) is 6.54 Å². The first-order valence-electron chi connectivity index (χ1n) is 4.52. The number of aromatic carboxylic acids is 1. The Labute approximate surface area is 87.9 Å². The van der Waals surface area contributed by atoms with Crippen molar-refractivity contribution in [3.05, 3.63) is 17.2 Å². The number of fused-ring (bicyclic) bond motifs is 1. The van der Waals surface area contributed by atoms with Crippen molar-refractivity contribution in [1.29, 1.82) is 0 Å². The first-order valence-corrected chi connectivity index (χ1v) is 4.52. The van der Waals surface area contributed by atoms with E-state index in [-0.39, 0.29) is 18.9 Å². The molecular formula is C8H8F3N3O2. The molecule has 0 saturated heterocycles. The summed E-state index contributed by atoms with van der Waals surface area (Å²) in [6.45, 7) is 0.761. The molecule has 8 heteroatoms. The van der Waals surface area contributed by atoms with Gasteiger partial charge >= 0.3 is 12.1 Å². The molecule has 16 heavy (non-hydrogen) atoms. The summed E-state index contributed by atoms with van der Waals surface area (Å²) >= 11 is 0. The Bertz CT molecular complexity index is 438. The summed E-state index contributed by atoms with van der Waals surface area (Å²) in [6.07, 6.45) is -4.74. The van der Waals surface area contributed by atoms with Crippen LogP contribution in [0.1, 0.15) is 22.0 Å². The predicted molar refractivity (Wildman–Crippen MR) is 45.9 cm³/mol. The van der Waals surface area contributed by atoms with Crippen molar-refractivity contribution in [3.8, 4) is 0 Å². The second-order valence-corrected chi connectivity index (χ2v) is 3.36. The Morgan fingerprint density at radius 1 is 1.50 bits per heavy atom. The molecule has 0 spiro atoms. The lowest BCUT2D eigenvalue weighted by Crippen LogP contribution is -2.30. The van der Waals surface area contributed by atoms with Crippen LogP contribution in [0.4, 0.5) is 13.2 Å². The van der Waals surface area contributed by atoms with Crippen LogP contribution in [-0.2, 0) is 19.3 Å². The SMILES string of the molecule is O=C(O)c1c(C(F)(F)F)nc2n1CCNC2. The fraction of sp³-hybridized carbons (Fsp3) is 0.500.